The molecule has 0 spiro atoms. The van der Waals surface area contributed by atoms with Crippen LogP contribution in [0.15, 0.2) is 33.9 Å². The van der Waals surface area contributed by atoms with E-state index in [1.807, 2.05) is 0 Å². The second kappa shape index (κ2) is 4.46. The molecule has 0 atom stereocenters. The SMILES string of the molecule is Oc1cc(O)c(N=Nc2nccs2)cc1Cl. The van der Waals surface area contributed by atoms with Crippen LogP contribution in [-0.2, 0) is 0 Å². The first-order chi connectivity index (χ1) is 7.66. The lowest BCUT2D eigenvalue weighted by Gasteiger charge is -2.00. The van der Waals surface area contributed by atoms with Gasteiger partial charge in [0.2, 0.25) is 5.13 Å². The average molecular weight is 256 g/mol. The van der Waals surface area contributed by atoms with Gasteiger partial charge < -0.3 is 10.2 Å². The molecule has 0 aliphatic carbocycles. The molecule has 0 amide bonds. The van der Waals surface area contributed by atoms with Crippen LogP contribution >= 0.6 is 22.9 Å². The van der Waals surface area contributed by atoms with Crippen LogP contribution in [-0.4, -0.2) is 15.2 Å². The molecule has 0 fully saturated rings. The monoisotopic (exact) mass is 255 g/mol. The van der Waals surface area contributed by atoms with E-state index in [1.54, 1.807) is 11.6 Å². The number of azo groups is 1. The van der Waals surface area contributed by atoms with Crippen LogP contribution in [0.3, 0.4) is 0 Å². The van der Waals surface area contributed by atoms with Crippen molar-refractivity contribution < 1.29 is 10.2 Å². The first-order valence-electron chi connectivity index (χ1n) is 4.19. The third-order valence-corrected chi connectivity index (χ3v) is 2.66. The maximum Gasteiger partial charge on any atom is 0.229 e. The molecule has 1 aromatic carbocycles. The molecule has 2 aromatic rings. The highest BCUT2D eigenvalue weighted by atomic mass is 35.5. The molecule has 0 aliphatic rings. The van der Waals surface area contributed by atoms with Gasteiger partial charge in [0.15, 0.2) is 0 Å². The Bertz CT molecular complexity index is 528. The van der Waals surface area contributed by atoms with E-state index in [9.17, 15) is 10.2 Å². The van der Waals surface area contributed by atoms with Crippen molar-refractivity contribution in [3.63, 3.8) is 0 Å². The minimum Gasteiger partial charge on any atom is -0.506 e. The Labute approximate surface area is 99.7 Å². The van der Waals surface area contributed by atoms with Crippen LogP contribution in [0.25, 0.3) is 0 Å². The van der Waals surface area contributed by atoms with Crippen molar-refractivity contribution in [3.8, 4) is 11.5 Å². The summed E-state index contributed by atoms with van der Waals surface area (Å²) in [5.41, 5.74) is 0.179. The molecule has 0 radical (unpaired) electrons. The van der Waals surface area contributed by atoms with Gasteiger partial charge in [-0.2, -0.15) is 0 Å². The zero-order valence-corrected chi connectivity index (χ0v) is 9.40. The normalized spacial score (nSPS) is 11.1. The van der Waals surface area contributed by atoms with Crippen molar-refractivity contribution in [3.05, 3.63) is 28.7 Å². The highest BCUT2D eigenvalue weighted by Gasteiger charge is 2.06. The molecular weight excluding hydrogens is 250 g/mol. The van der Waals surface area contributed by atoms with Crippen molar-refractivity contribution in [2.45, 2.75) is 0 Å². The van der Waals surface area contributed by atoms with Gasteiger partial charge in [-0.05, 0) is 6.07 Å². The van der Waals surface area contributed by atoms with Gasteiger partial charge >= 0.3 is 0 Å². The molecule has 16 heavy (non-hydrogen) atoms. The van der Waals surface area contributed by atoms with Crippen molar-refractivity contribution in [2.24, 2.45) is 10.2 Å². The topological polar surface area (TPSA) is 78.1 Å². The summed E-state index contributed by atoms with van der Waals surface area (Å²) in [5.74, 6) is -0.394. The van der Waals surface area contributed by atoms with E-state index in [1.165, 1.54) is 17.4 Å². The zero-order chi connectivity index (χ0) is 11.5. The van der Waals surface area contributed by atoms with Crippen LogP contribution < -0.4 is 0 Å². The zero-order valence-electron chi connectivity index (χ0n) is 7.83. The van der Waals surface area contributed by atoms with Gasteiger partial charge in [0.05, 0.1) is 5.02 Å². The number of hydrogen-bond acceptors (Lipinski definition) is 6. The first kappa shape index (κ1) is 10.8. The molecule has 0 bridgehead atoms. The fourth-order valence-corrected chi connectivity index (χ4v) is 1.59. The highest BCUT2D eigenvalue weighted by Crippen LogP contribution is 2.36. The van der Waals surface area contributed by atoms with Gasteiger partial charge in [-0.3, -0.25) is 0 Å². The third-order valence-electron chi connectivity index (χ3n) is 1.71. The maximum atomic E-state index is 9.46. The van der Waals surface area contributed by atoms with Crippen molar-refractivity contribution in [2.75, 3.05) is 0 Å². The van der Waals surface area contributed by atoms with Gasteiger partial charge in [-0.25, -0.2) is 4.98 Å². The van der Waals surface area contributed by atoms with Gasteiger partial charge in [0.1, 0.15) is 17.2 Å². The number of halogens is 1. The Balaban J connectivity index is 2.31. The van der Waals surface area contributed by atoms with Gasteiger partial charge in [-0.15, -0.1) is 21.6 Å². The molecule has 2 N–H and O–H groups in total. The molecule has 7 heteroatoms. The molecule has 2 rings (SSSR count). The van der Waals surface area contributed by atoms with Gasteiger partial charge in [-0.1, -0.05) is 11.6 Å². The molecule has 0 saturated carbocycles. The van der Waals surface area contributed by atoms with Crippen LogP contribution in [0.4, 0.5) is 10.8 Å². The Kier molecular flexibility index (Phi) is 3.02. The van der Waals surface area contributed by atoms with E-state index in [-0.39, 0.29) is 22.2 Å². The summed E-state index contributed by atoms with van der Waals surface area (Å²) in [6, 6.07) is 2.43. The standard InChI is InChI=1S/C9H6ClN3O2S/c10-5-3-6(8(15)4-7(5)14)12-13-9-11-1-2-16-9/h1-4,14-15H. The number of rotatable bonds is 2. The molecule has 82 valence electrons. The lowest BCUT2D eigenvalue weighted by Crippen LogP contribution is -1.71. The second-order valence-corrected chi connectivity index (χ2v) is 4.09. The summed E-state index contributed by atoms with van der Waals surface area (Å²) in [7, 11) is 0. The Morgan fingerprint density at radius 2 is 2.00 bits per heavy atom. The molecule has 0 unspecified atom stereocenters. The molecular formula is C9H6ClN3O2S. The molecule has 1 heterocycles. The summed E-state index contributed by atoms with van der Waals surface area (Å²) in [4.78, 5) is 3.90. The molecule has 5 nitrogen and oxygen atoms in total. The summed E-state index contributed by atoms with van der Waals surface area (Å²) in [6.45, 7) is 0. The fraction of sp³-hybridized carbons (Fsp3) is 0. The van der Waals surface area contributed by atoms with E-state index in [0.29, 0.717) is 5.13 Å². The second-order valence-electron chi connectivity index (χ2n) is 2.81. The largest absolute Gasteiger partial charge is 0.506 e. The number of aromatic nitrogens is 1. The molecule has 1 aromatic heterocycles. The minimum atomic E-state index is -0.202. The van der Waals surface area contributed by atoms with E-state index in [0.717, 1.165) is 6.07 Å². The van der Waals surface area contributed by atoms with E-state index in [4.69, 9.17) is 11.6 Å². The van der Waals surface area contributed by atoms with Gasteiger partial charge in [0.25, 0.3) is 0 Å². The summed E-state index contributed by atoms with van der Waals surface area (Å²) < 4.78 is 0. The number of nitrogens with zero attached hydrogens (tertiary/aromatic N) is 3. The number of hydrogen-bond donors (Lipinski definition) is 2. The maximum absolute atomic E-state index is 9.46. The van der Waals surface area contributed by atoms with Crippen LogP contribution in [0.5, 0.6) is 11.5 Å². The molecule has 0 aliphatic heterocycles. The summed E-state index contributed by atoms with van der Waals surface area (Å²) in [6.07, 6.45) is 1.60. The predicted octanol–water partition coefficient (Wildman–Crippen LogP) is 3.62. The Morgan fingerprint density at radius 3 is 2.69 bits per heavy atom. The summed E-state index contributed by atoms with van der Waals surface area (Å²) >= 11 is 6.99. The smallest absolute Gasteiger partial charge is 0.229 e. The highest BCUT2D eigenvalue weighted by molar-refractivity contribution is 7.13. The Hall–Kier alpha value is -1.66. The van der Waals surface area contributed by atoms with Crippen LogP contribution in [0, 0.1) is 0 Å². The van der Waals surface area contributed by atoms with Crippen LogP contribution in [0.2, 0.25) is 5.02 Å². The van der Waals surface area contributed by atoms with Crippen molar-refractivity contribution >= 4 is 33.8 Å². The first-order valence-corrected chi connectivity index (χ1v) is 5.45. The number of aromatic hydroxyl groups is 2. The lowest BCUT2D eigenvalue weighted by atomic mass is 10.3. The van der Waals surface area contributed by atoms with Crippen LogP contribution in [0.1, 0.15) is 0 Å². The Morgan fingerprint density at radius 1 is 1.19 bits per heavy atom. The van der Waals surface area contributed by atoms with E-state index < -0.39 is 0 Å². The van der Waals surface area contributed by atoms with Crippen molar-refractivity contribution in [1.82, 2.24) is 4.98 Å². The third kappa shape index (κ3) is 2.29. The quantitative estimate of drug-likeness (QED) is 0.805. The summed E-state index contributed by atoms with van der Waals surface area (Å²) in [5, 5.41) is 28.6. The average Bonchev–Trinajstić information content (AvgIpc) is 2.74. The lowest BCUT2D eigenvalue weighted by molar-refractivity contribution is 0.451. The number of thiazole rings is 1. The van der Waals surface area contributed by atoms with E-state index >= 15 is 0 Å². The predicted molar refractivity (Wildman–Crippen MR) is 61.1 cm³/mol. The number of phenols is 2. The van der Waals surface area contributed by atoms with Crippen molar-refractivity contribution in [1.29, 1.82) is 0 Å². The van der Waals surface area contributed by atoms with E-state index in [2.05, 4.69) is 15.2 Å². The fourth-order valence-electron chi connectivity index (χ4n) is 0.982. The molecule has 0 saturated heterocycles. The number of benzene rings is 1. The number of phenolic OH excluding ortho intramolecular Hbond substituents is 2. The minimum absolute atomic E-state index is 0.103. The van der Waals surface area contributed by atoms with Gasteiger partial charge in [0, 0.05) is 17.6 Å².